The van der Waals surface area contributed by atoms with Crippen molar-refractivity contribution < 1.29 is 19.1 Å². The zero-order valence-electron chi connectivity index (χ0n) is 15.4. The zero-order chi connectivity index (χ0) is 19.2. The van der Waals surface area contributed by atoms with Crippen LogP contribution >= 0.6 is 0 Å². The number of rotatable bonds is 7. The van der Waals surface area contributed by atoms with Gasteiger partial charge in [0.05, 0.1) is 6.10 Å². The summed E-state index contributed by atoms with van der Waals surface area (Å²) in [6.45, 7) is 3.92. The molecule has 140 valence electrons. The van der Waals surface area contributed by atoms with Crippen LogP contribution in [-0.4, -0.2) is 17.1 Å². The molecule has 2 N–H and O–H groups in total. The quantitative estimate of drug-likeness (QED) is 0.627. The molecule has 1 amide bonds. The second-order valence-electron chi connectivity index (χ2n) is 6.32. The highest BCUT2D eigenvalue weighted by molar-refractivity contribution is 6.04. The Balaban J connectivity index is 1.68. The van der Waals surface area contributed by atoms with E-state index < -0.39 is 0 Å². The summed E-state index contributed by atoms with van der Waals surface area (Å²) in [5, 5.41) is 12.0. The van der Waals surface area contributed by atoms with Crippen LogP contribution in [0.15, 0.2) is 65.1 Å². The van der Waals surface area contributed by atoms with Crippen molar-refractivity contribution in [1.82, 2.24) is 0 Å². The van der Waals surface area contributed by atoms with Crippen LogP contribution in [0.4, 0.5) is 5.69 Å². The molecule has 3 rings (SSSR count). The molecule has 1 heterocycles. The summed E-state index contributed by atoms with van der Waals surface area (Å²) in [7, 11) is 0. The average molecular weight is 365 g/mol. The van der Waals surface area contributed by atoms with Crippen molar-refractivity contribution in [3.8, 4) is 17.1 Å². The molecule has 0 saturated heterocycles. The molecule has 0 bridgehead atoms. The molecule has 5 heteroatoms. The molecule has 27 heavy (non-hydrogen) atoms. The zero-order valence-corrected chi connectivity index (χ0v) is 15.4. The van der Waals surface area contributed by atoms with Gasteiger partial charge in [0.15, 0.2) is 0 Å². The van der Waals surface area contributed by atoms with Crippen LogP contribution < -0.4 is 10.1 Å². The lowest BCUT2D eigenvalue weighted by Gasteiger charge is -2.13. The molecule has 0 unspecified atom stereocenters. The predicted octanol–water partition coefficient (Wildman–Crippen LogP) is 4.87. The first kappa shape index (κ1) is 18.7. The van der Waals surface area contributed by atoms with E-state index in [1.54, 1.807) is 18.2 Å². The summed E-state index contributed by atoms with van der Waals surface area (Å²) in [4.78, 5) is 12.5. The van der Waals surface area contributed by atoms with Gasteiger partial charge in [-0.15, -0.1) is 0 Å². The van der Waals surface area contributed by atoms with Crippen LogP contribution in [0, 0.1) is 0 Å². The number of hydrogen-bond donors (Lipinski definition) is 2. The van der Waals surface area contributed by atoms with Crippen molar-refractivity contribution >= 4 is 11.6 Å². The fraction of sp³-hybridized carbons (Fsp3) is 0.227. The molecule has 0 spiro atoms. The van der Waals surface area contributed by atoms with E-state index in [2.05, 4.69) is 12.2 Å². The number of benzene rings is 2. The number of nitrogens with one attached hydrogen (secondary N) is 1. The molecule has 3 aromatic rings. The molecule has 0 saturated carbocycles. The molecule has 0 radical (unpaired) electrons. The highest BCUT2D eigenvalue weighted by Gasteiger charge is 2.10. The van der Waals surface area contributed by atoms with Gasteiger partial charge in [-0.1, -0.05) is 13.0 Å². The summed E-state index contributed by atoms with van der Waals surface area (Å²) in [5.74, 6) is 1.68. The Labute approximate surface area is 158 Å². The first-order chi connectivity index (χ1) is 13.1. The largest absolute Gasteiger partial charge is 0.491 e. The van der Waals surface area contributed by atoms with Crippen molar-refractivity contribution in [3.05, 3.63) is 72.0 Å². The van der Waals surface area contributed by atoms with Crippen molar-refractivity contribution in [3.63, 3.8) is 0 Å². The summed E-state index contributed by atoms with van der Waals surface area (Å²) in [6, 6.07) is 18.0. The molecule has 0 aliphatic heterocycles. The van der Waals surface area contributed by atoms with Crippen LogP contribution in [0.2, 0.25) is 0 Å². The Morgan fingerprint density at radius 3 is 2.59 bits per heavy atom. The SMILES string of the molecule is CC[C@H](C)Oc1cccc(C(=O)Nc2ccc(-c3ccc(CO)o3)cc2)c1. The lowest BCUT2D eigenvalue weighted by molar-refractivity contribution is 0.102. The smallest absolute Gasteiger partial charge is 0.255 e. The van der Waals surface area contributed by atoms with E-state index >= 15 is 0 Å². The Morgan fingerprint density at radius 2 is 1.93 bits per heavy atom. The van der Waals surface area contributed by atoms with Crippen LogP contribution in [0.5, 0.6) is 5.75 Å². The number of anilines is 1. The first-order valence-corrected chi connectivity index (χ1v) is 8.97. The summed E-state index contributed by atoms with van der Waals surface area (Å²) in [5.41, 5.74) is 2.10. The number of furan rings is 1. The Morgan fingerprint density at radius 1 is 1.15 bits per heavy atom. The maximum Gasteiger partial charge on any atom is 0.255 e. The number of amides is 1. The summed E-state index contributed by atoms with van der Waals surface area (Å²) >= 11 is 0. The molecule has 0 aliphatic carbocycles. The third-order valence-electron chi connectivity index (χ3n) is 4.25. The van der Waals surface area contributed by atoms with Gasteiger partial charge < -0.3 is 19.6 Å². The van der Waals surface area contributed by atoms with Gasteiger partial charge in [-0.3, -0.25) is 4.79 Å². The number of hydrogen-bond acceptors (Lipinski definition) is 4. The number of aliphatic hydroxyl groups is 1. The van der Waals surface area contributed by atoms with E-state index in [0.29, 0.717) is 28.5 Å². The maximum atomic E-state index is 12.5. The second kappa shape index (κ2) is 8.56. The Hall–Kier alpha value is -3.05. The van der Waals surface area contributed by atoms with Crippen molar-refractivity contribution in [2.24, 2.45) is 0 Å². The van der Waals surface area contributed by atoms with E-state index in [9.17, 15) is 4.79 Å². The Bertz CT molecular complexity index is 899. The van der Waals surface area contributed by atoms with Crippen LogP contribution in [0.3, 0.4) is 0 Å². The molecular formula is C22H23NO4. The third-order valence-corrected chi connectivity index (χ3v) is 4.25. The van der Waals surface area contributed by atoms with Crippen molar-refractivity contribution in [1.29, 1.82) is 0 Å². The van der Waals surface area contributed by atoms with Gasteiger partial charge in [0.2, 0.25) is 0 Å². The minimum Gasteiger partial charge on any atom is -0.491 e. The Kier molecular flexibility index (Phi) is 5.94. The van der Waals surface area contributed by atoms with Crippen molar-refractivity contribution in [2.45, 2.75) is 33.0 Å². The molecular weight excluding hydrogens is 342 g/mol. The summed E-state index contributed by atoms with van der Waals surface area (Å²) in [6.07, 6.45) is 1.00. The summed E-state index contributed by atoms with van der Waals surface area (Å²) < 4.78 is 11.3. The van der Waals surface area contributed by atoms with E-state index in [-0.39, 0.29) is 18.6 Å². The molecule has 2 aromatic carbocycles. The minimum atomic E-state index is -0.196. The molecule has 5 nitrogen and oxygen atoms in total. The van der Waals surface area contributed by atoms with Gasteiger partial charge in [-0.05, 0) is 67.9 Å². The van der Waals surface area contributed by atoms with E-state index in [4.69, 9.17) is 14.3 Å². The predicted molar refractivity (Wildman–Crippen MR) is 105 cm³/mol. The highest BCUT2D eigenvalue weighted by Crippen LogP contribution is 2.24. The van der Waals surface area contributed by atoms with Gasteiger partial charge in [0, 0.05) is 16.8 Å². The fourth-order valence-electron chi connectivity index (χ4n) is 2.57. The maximum absolute atomic E-state index is 12.5. The number of carbonyl (C=O) groups excluding carboxylic acids is 1. The van der Waals surface area contributed by atoms with Gasteiger partial charge in [0.1, 0.15) is 23.9 Å². The number of aliphatic hydroxyl groups excluding tert-OH is 1. The lowest BCUT2D eigenvalue weighted by atomic mass is 10.1. The fourth-order valence-corrected chi connectivity index (χ4v) is 2.57. The topological polar surface area (TPSA) is 71.7 Å². The van der Waals surface area contributed by atoms with Gasteiger partial charge >= 0.3 is 0 Å². The van der Waals surface area contributed by atoms with Gasteiger partial charge in [0.25, 0.3) is 5.91 Å². The van der Waals surface area contributed by atoms with Gasteiger partial charge in [-0.25, -0.2) is 0 Å². The van der Waals surface area contributed by atoms with E-state index in [0.717, 1.165) is 12.0 Å². The standard InChI is InChI=1S/C22H23NO4/c1-3-15(2)26-19-6-4-5-17(13-19)22(25)23-18-9-7-16(8-10-18)21-12-11-20(14-24)27-21/h4-13,15,24H,3,14H2,1-2H3,(H,23,25)/t15-/m0/s1. The average Bonchev–Trinajstić information content (AvgIpc) is 3.18. The first-order valence-electron chi connectivity index (χ1n) is 8.97. The molecule has 1 atom stereocenters. The number of ether oxygens (including phenoxy) is 1. The minimum absolute atomic E-state index is 0.101. The second-order valence-corrected chi connectivity index (χ2v) is 6.32. The van der Waals surface area contributed by atoms with Gasteiger partial charge in [-0.2, -0.15) is 0 Å². The van der Waals surface area contributed by atoms with Crippen LogP contribution in [0.1, 0.15) is 36.4 Å². The normalized spacial score (nSPS) is 11.8. The van der Waals surface area contributed by atoms with Crippen LogP contribution in [0.25, 0.3) is 11.3 Å². The molecule has 1 aromatic heterocycles. The monoisotopic (exact) mass is 365 g/mol. The van der Waals surface area contributed by atoms with E-state index in [1.165, 1.54) is 0 Å². The lowest BCUT2D eigenvalue weighted by Crippen LogP contribution is -2.13. The van der Waals surface area contributed by atoms with Crippen molar-refractivity contribution in [2.75, 3.05) is 5.32 Å². The van der Waals surface area contributed by atoms with E-state index in [1.807, 2.05) is 49.4 Å². The number of carbonyl (C=O) groups is 1. The molecule has 0 fully saturated rings. The van der Waals surface area contributed by atoms with Crippen LogP contribution in [-0.2, 0) is 6.61 Å². The third kappa shape index (κ3) is 4.77. The molecule has 0 aliphatic rings. The highest BCUT2D eigenvalue weighted by atomic mass is 16.5.